The van der Waals surface area contributed by atoms with Crippen LogP contribution in [-0.2, 0) is 10.9 Å². The van der Waals surface area contributed by atoms with Crippen LogP contribution in [-0.4, -0.2) is 39.8 Å². The first-order valence-electron chi connectivity index (χ1n) is 6.47. The van der Waals surface area contributed by atoms with Crippen molar-refractivity contribution in [3.8, 4) is 0 Å². The summed E-state index contributed by atoms with van der Waals surface area (Å²) < 4.78 is 5.08. The Labute approximate surface area is 122 Å². The van der Waals surface area contributed by atoms with Crippen molar-refractivity contribution in [1.82, 2.24) is 9.97 Å². The molecule has 1 aromatic rings. The van der Waals surface area contributed by atoms with Crippen LogP contribution < -0.4 is 4.90 Å². The number of aryl methyl sites for hydroxylation is 1. The molecule has 0 amide bonds. The van der Waals surface area contributed by atoms with Crippen molar-refractivity contribution in [2.24, 2.45) is 0 Å². The van der Waals surface area contributed by atoms with Crippen LogP contribution in [0.5, 0.6) is 0 Å². The molecule has 2 heterocycles. The molecule has 2 rings (SSSR count). The van der Waals surface area contributed by atoms with Crippen LogP contribution in [0.1, 0.15) is 26.0 Å². The topological polar surface area (TPSA) is 58.5 Å². The SMILES string of the molecule is CCC.OPOC1CN(c2nccc(CCS)n2)C1. The van der Waals surface area contributed by atoms with Crippen LogP contribution in [0, 0.1) is 0 Å². The molecule has 1 aliphatic rings. The van der Waals surface area contributed by atoms with Gasteiger partial charge >= 0.3 is 0 Å². The van der Waals surface area contributed by atoms with E-state index in [1.165, 1.54) is 6.42 Å². The van der Waals surface area contributed by atoms with Gasteiger partial charge in [0, 0.05) is 25.0 Å². The Hall–Kier alpha value is -0.420. The molecule has 0 aliphatic carbocycles. The molecule has 1 aromatic heterocycles. The zero-order chi connectivity index (χ0) is 14.1. The van der Waals surface area contributed by atoms with E-state index in [4.69, 9.17) is 9.42 Å². The molecule has 1 aliphatic heterocycles. The highest BCUT2D eigenvalue weighted by molar-refractivity contribution is 7.80. The van der Waals surface area contributed by atoms with E-state index in [-0.39, 0.29) is 6.10 Å². The van der Waals surface area contributed by atoms with Gasteiger partial charge in [-0.2, -0.15) is 12.6 Å². The Morgan fingerprint density at radius 1 is 1.53 bits per heavy atom. The molecule has 7 heteroatoms. The van der Waals surface area contributed by atoms with E-state index in [1.54, 1.807) is 6.20 Å². The number of rotatable bonds is 5. The Balaban J connectivity index is 0.000000550. The van der Waals surface area contributed by atoms with Gasteiger partial charge in [-0.15, -0.1) is 0 Å². The number of hydrogen-bond donors (Lipinski definition) is 2. The fourth-order valence-electron chi connectivity index (χ4n) is 1.54. The fourth-order valence-corrected chi connectivity index (χ4v) is 2.07. The monoisotopic (exact) mass is 303 g/mol. The lowest BCUT2D eigenvalue weighted by molar-refractivity contribution is 0.176. The standard InChI is InChI=1S/C9H14N3O2PS.C3H8/c13-15-14-8-5-12(6-8)9-10-3-1-7(11-9)2-4-16;1-3-2/h1,3,8,13,15-16H,2,4-6H2;3H2,1-2H3. The van der Waals surface area contributed by atoms with Crippen LogP contribution in [0.3, 0.4) is 0 Å². The highest BCUT2D eigenvalue weighted by Gasteiger charge is 2.29. The van der Waals surface area contributed by atoms with E-state index in [1.807, 2.05) is 11.0 Å². The summed E-state index contributed by atoms with van der Waals surface area (Å²) in [6, 6.07) is 1.91. The van der Waals surface area contributed by atoms with Gasteiger partial charge in [-0.05, 0) is 18.2 Å². The number of hydrogen-bond acceptors (Lipinski definition) is 6. The smallest absolute Gasteiger partial charge is 0.225 e. The van der Waals surface area contributed by atoms with Gasteiger partial charge in [-0.1, -0.05) is 20.3 Å². The third-order valence-electron chi connectivity index (χ3n) is 2.42. The van der Waals surface area contributed by atoms with E-state index in [9.17, 15) is 0 Å². The minimum absolute atomic E-state index is 0.112. The molecular formula is C12H22N3O2PS. The van der Waals surface area contributed by atoms with E-state index < -0.39 is 9.03 Å². The summed E-state index contributed by atoms with van der Waals surface area (Å²) in [6.07, 6.45) is 3.98. The highest BCUT2D eigenvalue weighted by atomic mass is 32.1. The van der Waals surface area contributed by atoms with Gasteiger partial charge in [0.25, 0.3) is 0 Å². The number of aromatic nitrogens is 2. The van der Waals surface area contributed by atoms with E-state index in [0.717, 1.165) is 36.9 Å². The first-order valence-corrected chi connectivity index (χ1v) is 7.96. The molecule has 0 aromatic carbocycles. The Kier molecular flexibility index (Phi) is 8.30. The zero-order valence-corrected chi connectivity index (χ0v) is 13.3. The van der Waals surface area contributed by atoms with Gasteiger partial charge in [0.15, 0.2) is 9.03 Å². The zero-order valence-electron chi connectivity index (χ0n) is 11.4. The first kappa shape index (κ1) is 16.6. The van der Waals surface area contributed by atoms with Crippen LogP contribution in [0.4, 0.5) is 5.95 Å². The predicted molar refractivity (Wildman–Crippen MR) is 83.2 cm³/mol. The van der Waals surface area contributed by atoms with Gasteiger partial charge in [0.1, 0.15) is 0 Å². The second-order valence-electron chi connectivity index (χ2n) is 4.26. The van der Waals surface area contributed by atoms with E-state index in [0.29, 0.717) is 0 Å². The van der Waals surface area contributed by atoms with Crippen molar-refractivity contribution in [2.45, 2.75) is 32.8 Å². The molecule has 0 bridgehead atoms. The first-order chi connectivity index (χ1) is 9.24. The molecule has 19 heavy (non-hydrogen) atoms. The molecule has 0 saturated carbocycles. The predicted octanol–water partition coefficient (Wildman–Crippen LogP) is 2.07. The lowest BCUT2D eigenvalue weighted by atomic mass is 10.2. The second kappa shape index (κ2) is 9.48. The summed E-state index contributed by atoms with van der Waals surface area (Å²) in [4.78, 5) is 19.3. The molecule has 5 nitrogen and oxygen atoms in total. The Morgan fingerprint density at radius 2 is 2.21 bits per heavy atom. The van der Waals surface area contributed by atoms with Gasteiger partial charge in [0.05, 0.1) is 6.10 Å². The van der Waals surface area contributed by atoms with Crippen molar-refractivity contribution < 1.29 is 9.42 Å². The van der Waals surface area contributed by atoms with Crippen molar-refractivity contribution in [1.29, 1.82) is 0 Å². The molecule has 1 atom stereocenters. The number of anilines is 1. The lowest BCUT2D eigenvalue weighted by Gasteiger charge is -2.38. The average molecular weight is 303 g/mol. The van der Waals surface area contributed by atoms with Crippen molar-refractivity contribution >= 4 is 27.6 Å². The third kappa shape index (κ3) is 5.61. The summed E-state index contributed by atoms with van der Waals surface area (Å²) in [5.74, 6) is 1.52. The molecular weight excluding hydrogens is 281 g/mol. The largest absolute Gasteiger partial charge is 0.352 e. The van der Waals surface area contributed by atoms with Crippen LogP contribution in [0.25, 0.3) is 0 Å². The molecule has 0 spiro atoms. The summed E-state index contributed by atoms with van der Waals surface area (Å²) in [6.45, 7) is 5.75. The van der Waals surface area contributed by atoms with Crippen molar-refractivity contribution in [2.75, 3.05) is 23.7 Å². The Morgan fingerprint density at radius 3 is 2.79 bits per heavy atom. The maximum Gasteiger partial charge on any atom is 0.225 e. The van der Waals surface area contributed by atoms with Crippen LogP contribution >= 0.6 is 21.7 Å². The van der Waals surface area contributed by atoms with Gasteiger partial charge in [-0.25, -0.2) is 9.97 Å². The maximum absolute atomic E-state index is 8.62. The number of thiol groups is 1. The molecule has 1 fully saturated rings. The minimum atomic E-state index is -0.436. The Bertz CT molecular complexity index is 365. The van der Waals surface area contributed by atoms with Gasteiger partial charge < -0.3 is 14.3 Å². The van der Waals surface area contributed by atoms with Crippen LogP contribution in [0.2, 0.25) is 0 Å². The molecule has 1 unspecified atom stereocenters. The van der Waals surface area contributed by atoms with Crippen molar-refractivity contribution in [3.05, 3.63) is 18.0 Å². The van der Waals surface area contributed by atoms with Gasteiger partial charge in [0.2, 0.25) is 5.95 Å². The number of nitrogens with zero attached hydrogens (tertiary/aromatic N) is 3. The summed E-state index contributed by atoms with van der Waals surface area (Å²) >= 11 is 4.18. The normalized spacial score (nSPS) is 15.3. The molecule has 1 N–H and O–H groups in total. The lowest BCUT2D eigenvalue weighted by Crippen LogP contribution is -2.52. The highest BCUT2D eigenvalue weighted by Crippen LogP contribution is 2.22. The minimum Gasteiger partial charge on any atom is -0.352 e. The average Bonchev–Trinajstić information content (AvgIpc) is 2.35. The van der Waals surface area contributed by atoms with E-state index >= 15 is 0 Å². The maximum atomic E-state index is 8.62. The third-order valence-corrected chi connectivity index (χ3v) is 3.08. The van der Waals surface area contributed by atoms with Crippen molar-refractivity contribution in [3.63, 3.8) is 0 Å². The van der Waals surface area contributed by atoms with E-state index in [2.05, 4.69) is 36.4 Å². The molecule has 0 radical (unpaired) electrons. The quantitative estimate of drug-likeness (QED) is 0.644. The van der Waals surface area contributed by atoms with Gasteiger partial charge in [-0.3, -0.25) is 0 Å². The second-order valence-corrected chi connectivity index (χ2v) is 5.13. The summed E-state index contributed by atoms with van der Waals surface area (Å²) in [5, 5.41) is 0. The molecule has 108 valence electrons. The fraction of sp³-hybridized carbons (Fsp3) is 0.667. The van der Waals surface area contributed by atoms with Crippen LogP contribution in [0.15, 0.2) is 12.3 Å². The summed E-state index contributed by atoms with van der Waals surface area (Å²) in [5.41, 5.74) is 1.01. The summed E-state index contributed by atoms with van der Waals surface area (Å²) in [7, 11) is -0.436. The molecule has 1 saturated heterocycles.